The third kappa shape index (κ3) is 3.19. The first-order valence-electron chi connectivity index (χ1n) is 9.32. The number of pyridine rings is 1. The number of nitrogens with one attached hydrogen (secondary N) is 1. The van der Waals surface area contributed by atoms with Gasteiger partial charge in [0.15, 0.2) is 0 Å². The minimum Gasteiger partial charge on any atom is -0.478 e. The van der Waals surface area contributed by atoms with Crippen molar-refractivity contribution in [3.05, 3.63) is 69.6 Å². The average Bonchev–Trinajstić information content (AvgIpc) is 2.60. The summed E-state index contributed by atoms with van der Waals surface area (Å²) < 4.78 is 1.56. The van der Waals surface area contributed by atoms with Crippen molar-refractivity contribution in [3.63, 3.8) is 0 Å². The molecule has 1 aliphatic rings. The monoisotopic (exact) mass is 378 g/mol. The lowest BCUT2D eigenvalue weighted by Crippen LogP contribution is -2.38. The van der Waals surface area contributed by atoms with Crippen LogP contribution >= 0.6 is 0 Å². The van der Waals surface area contributed by atoms with Gasteiger partial charge in [0.2, 0.25) is 0 Å². The molecule has 1 unspecified atom stereocenters. The SMILES string of the molecule is Cc1cc(C(C)Nc2ccccc2C(=O)O)c2nc(N3CCC3)cc(=O)n2c1. The molecule has 3 heterocycles. The van der Waals surface area contributed by atoms with E-state index in [2.05, 4.69) is 10.2 Å². The number of aromatic nitrogens is 2. The zero-order valence-corrected chi connectivity index (χ0v) is 15.8. The molecule has 0 spiro atoms. The molecule has 0 saturated carbocycles. The molecule has 0 amide bonds. The summed E-state index contributed by atoms with van der Waals surface area (Å²) in [6, 6.07) is 10.1. The zero-order valence-electron chi connectivity index (χ0n) is 15.8. The molecule has 1 atom stereocenters. The molecule has 1 saturated heterocycles. The number of aryl methyl sites for hydroxylation is 1. The summed E-state index contributed by atoms with van der Waals surface area (Å²) in [5.41, 5.74) is 2.99. The van der Waals surface area contributed by atoms with Gasteiger partial charge in [-0.15, -0.1) is 0 Å². The zero-order chi connectivity index (χ0) is 19.8. The quantitative estimate of drug-likeness (QED) is 0.709. The van der Waals surface area contributed by atoms with E-state index in [1.165, 1.54) is 0 Å². The fourth-order valence-corrected chi connectivity index (χ4v) is 3.49. The van der Waals surface area contributed by atoms with Gasteiger partial charge in [-0.2, -0.15) is 0 Å². The molecule has 1 fully saturated rings. The number of nitrogens with zero attached hydrogens (tertiary/aromatic N) is 3. The molecule has 1 aliphatic heterocycles. The summed E-state index contributed by atoms with van der Waals surface area (Å²) in [5, 5.41) is 12.7. The van der Waals surface area contributed by atoms with Crippen LogP contribution in [0.1, 0.15) is 40.9 Å². The third-order valence-electron chi connectivity index (χ3n) is 5.09. The van der Waals surface area contributed by atoms with E-state index < -0.39 is 5.97 Å². The second kappa shape index (κ2) is 6.99. The van der Waals surface area contributed by atoms with Crippen LogP contribution in [0.25, 0.3) is 5.65 Å². The molecule has 2 aromatic heterocycles. The average molecular weight is 378 g/mol. The van der Waals surface area contributed by atoms with Gasteiger partial charge in [0, 0.05) is 36.6 Å². The maximum atomic E-state index is 12.7. The van der Waals surface area contributed by atoms with Crippen LogP contribution in [0.2, 0.25) is 0 Å². The van der Waals surface area contributed by atoms with Crippen LogP contribution in [0.4, 0.5) is 11.5 Å². The molecule has 7 heteroatoms. The number of benzene rings is 1. The van der Waals surface area contributed by atoms with Crippen LogP contribution in [0.15, 0.2) is 47.4 Å². The lowest BCUT2D eigenvalue weighted by atomic mass is 10.1. The Morgan fingerprint density at radius 2 is 2.00 bits per heavy atom. The summed E-state index contributed by atoms with van der Waals surface area (Å²) in [4.78, 5) is 31.0. The van der Waals surface area contributed by atoms with Gasteiger partial charge in [-0.1, -0.05) is 12.1 Å². The van der Waals surface area contributed by atoms with Gasteiger partial charge in [0.1, 0.15) is 11.5 Å². The molecule has 4 rings (SSSR count). The number of hydrogen-bond donors (Lipinski definition) is 2. The van der Waals surface area contributed by atoms with Gasteiger partial charge in [-0.25, -0.2) is 9.78 Å². The number of para-hydroxylation sites is 1. The lowest BCUT2D eigenvalue weighted by molar-refractivity contribution is 0.0698. The predicted octanol–water partition coefficient (Wildman–Crippen LogP) is 3.08. The topological polar surface area (TPSA) is 86.9 Å². The summed E-state index contributed by atoms with van der Waals surface area (Å²) in [6.45, 7) is 5.68. The van der Waals surface area contributed by atoms with E-state index in [9.17, 15) is 14.7 Å². The first kappa shape index (κ1) is 18.0. The number of fused-ring (bicyclic) bond motifs is 1. The van der Waals surface area contributed by atoms with Crippen molar-refractivity contribution >= 4 is 23.1 Å². The normalized spacial score (nSPS) is 14.6. The molecule has 2 N–H and O–H groups in total. The first-order chi connectivity index (χ1) is 13.4. The molecular weight excluding hydrogens is 356 g/mol. The second-order valence-electron chi connectivity index (χ2n) is 7.18. The van der Waals surface area contributed by atoms with Crippen LogP contribution in [0, 0.1) is 6.92 Å². The third-order valence-corrected chi connectivity index (χ3v) is 5.09. The Morgan fingerprint density at radius 3 is 2.68 bits per heavy atom. The Labute approximate surface area is 162 Å². The van der Waals surface area contributed by atoms with Crippen molar-refractivity contribution in [1.29, 1.82) is 0 Å². The van der Waals surface area contributed by atoms with Crippen LogP contribution in [-0.4, -0.2) is 33.6 Å². The van der Waals surface area contributed by atoms with Crippen molar-refractivity contribution in [1.82, 2.24) is 9.38 Å². The Balaban J connectivity index is 1.80. The van der Waals surface area contributed by atoms with Crippen LogP contribution in [0.5, 0.6) is 0 Å². The first-order valence-corrected chi connectivity index (χ1v) is 9.32. The fraction of sp³-hybridized carbons (Fsp3) is 0.286. The molecule has 0 radical (unpaired) electrons. The van der Waals surface area contributed by atoms with E-state index in [4.69, 9.17) is 4.98 Å². The number of aromatic carboxylic acids is 1. The van der Waals surface area contributed by atoms with E-state index in [0.717, 1.165) is 30.6 Å². The van der Waals surface area contributed by atoms with Crippen molar-refractivity contribution in [3.8, 4) is 0 Å². The molecule has 3 aromatic rings. The van der Waals surface area contributed by atoms with E-state index in [1.54, 1.807) is 40.9 Å². The Hall–Kier alpha value is -3.35. The number of carboxylic acids is 1. The maximum absolute atomic E-state index is 12.7. The highest BCUT2D eigenvalue weighted by molar-refractivity contribution is 5.94. The number of anilines is 2. The molecular formula is C21H22N4O3. The number of carbonyl (C=O) groups is 1. The smallest absolute Gasteiger partial charge is 0.337 e. The summed E-state index contributed by atoms with van der Waals surface area (Å²) >= 11 is 0. The molecule has 1 aromatic carbocycles. The summed E-state index contributed by atoms with van der Waals surface area (Å²) in [6.07, 6.45) is 2.89. The molecule has 28 heavy (non-hydrogen) atoms. The Kier molecular flexibility index (Phi) is 4.50. The van der Waals surface area contributed by atoms with Crippen molar-refractivity contribution < 1.29 is 9.90 Å². The van der Waals surface area contributed by atoms with E-state index in [0.29, 0.717) is 17.2 Å². The predicted molar refractivity (Wildman–Crippen MR) is 108 cm³/mol. The number of rotatable bonds is 5. The van der Waals surface area contributed by atoms with Crippen molar-refractivity contribution in [2.45, 2.75) is 26.3 Å². The van der Waals surface area contributed by atoms with E-state index >= 15 is 0 Å². The van der Waals surface area contributed by atoms with Crippen LogP contribution in [-0.2, 0) is 0 Å². The lowest BCUT2D eigenvalue weighted by Gasteiger charge is -2.32. The van der Waals surface area contributed by atoms with Crippen molar-refractivity contribution in [2.24, 2.45) is 0 Å². The summed E-state index contributed by atoms with van der Waals surface area (Å²) in [5.74, 6) is -0.293. The number of hydrogen-bond acceptors (Lipinski definition) is 5. The number of carboxylic acid groups (broad SMARTS) is 1. The second-order valence-corrected chi connectivity index (χ2v) is 7.18. The van der Waals surface area contributed by atoms with E-state index in [-0.39, 0.29) is 17.2 Å². The Morgan fingerprint density at radius 1 is 1.25 bits per heavy atom. The van der Waals surface area contributed by atoms with Crippen molar-refractivity contribution in [2.75, 3.05) is 23.3 Å². The van der Waals surface area contributed by atoms with Crippen LogP contribution in [0.3, 0.4) is 0 Å². The highest BCUT2D eigenvalue weighted by Crippen LogP contribution is 2.26. The van der Waals surface area contributed by atoms with Gasteiger partial charge in [0.05, 0.1) is 11.6 Å². The minimum absolute atomic E-state index is 0.116. The molecule has 144 valence electrons. The van der Waals surface area contributed by atoms with Gasteiger partial charge in [-0.3, -0.25) is 9.20 Å². The Bertz CT molecular complexity index is 1120. The fourth-order valence-electron chi connectivity index (χ4n) is 3.49. The molecule has 0 aliphatic carbocycles. The van der Waals surface area contributed by atoms with Gasteiger partial charge < -0.3 is 15.3 Å². The highest BCUT2D eigenvalue weighted by atomic mass is 16.4. The minimum atomic E-state index is -0.987. The van der Waals surface area contributed by atoms with Gasteiger partial charge >= 0.3 is 5.97 Å². The molecule has 7 nitrogen and oxygen atoms in total. The standard InChI is InChI=1S/C21H22N4O3/c1-13-10-16(14(2)22-17-7-4-3-6-15(17)21(27)28)20-23-18(24-8-5-9-24)11-19(26)25(20)12-13/h3-4,6-7,10-12,14,22H,5,8-9H2,1-2H3,(H,27,28). The largest absolute Gasteiger partial charge is 0.478 e. The van der Waals surface area contributed by atoms with Crippen LogP contribution < -0.4 is 15.8 Å². The summed E-state index contributed by atoms with van der Waals surface area (Å²) in [7, 11) is 0. The van der Waals surface area contributed by atoms with Gasteiger partial charge in [-0.05, 0) is 44.0 Å². The van der Waals surface area contributed by atoms with Gasteiger partial charge in [0.25, 0.3) is 5.56 Å². The highest BCUT2D eigenvalue weighted by Gasteiger charge is 2.20. The maximum Gasteiger partial charge on any atom is 0.337 e. The van der Waals surface area contributed by atoms with E-state index in [1.807, 2.05) is 19.9 Å². The molecule has 0 bridgehead atoms.